The van der Waals surface area contributed by atoms with Crippen molar-refractivity contribution < 1.29 is 30.0 Å². The van der Waals surface area contributed by atoms with Crippen LogP contribution in [0.1, 0.15) is 43.7 Å². The molecule has 2 aromatic carbocycles. The van der Waals surface area contributed by atoms with Gasteiger partial charge >= 0.3 is 0 Å². The summed E-state index contributed by atoms with van der Waals surface area (Å²) >= 11 is 0. The molecule has 202 valence electrons. The van der Waals surface area contributed by atoms with Crippen LogP contribution in [-0.4, -0.2) is 69.1 Å². The zero-order valence-corrected chi connectivity index (χ0v) is 21.7. The summed E-state index contributed by atoms with van der Waals surface area (Å²) in [5.74, 6) is -0.275. The van der Waals surface area contributed by atoms with Gasteiger partial charge in [0.1, 0.15) is 18.1 Å². The van der Waals surface area contributed by atoms with Crippen LogP contribution in [0.15, 0.2) is 53.8 Å². The number of carbonyl (C=O) groups is 1. The number of aliphatic hydroxyl groups is 2. The van der Waals surface area contributed by atoms with Crippen molar-refractivity contribution >= 4 is 5.91 Å². The van der Waals surface area contributed by atoms with Gasteiger partial charge in [0.25, 0.3) is 5.91 Å². The van der Waals surface area contributed by atoms with Gasteiger partial charge in [0.05, 0.1) is 17.7 Å². The number of rotatable bonds is 7. The molecule has 1 heterocycles. The van der Waals surface area contributed by atoms with Crippen LogP contribution in [0.25, 0.3) is 0 Å². The zero-order chi connectivity index (χ0) is 26.7. The lowest BCUT2D eigenvalue weighted by atomic mass is 9.46. The molecule has 2 fully saturated rings. The van der Waals surface area contributed by atoms with E-state index in [1.807, 2.05) is 43.3 Å². The molecule has 1 saturated heterocycles. The number of phenols is 2. The number of nitrogens with zero attached hydrogens (tertiary/aromatic N) is 1. The number of benzene rings is 2. The number of phenolic OH excluding ortho intramolecular Hbond substituents is 2. The molecule has 8 nitrogen and oxygen atoms in total. The minimum Gasteiger partial charge on any atom is -0.512 e. The maximum absolute atomic E-state index is 13.3. The third-order valence-electron chi connectivity index (χ3n) is 9.43. The van der Waals surface area contributed by atoms with Crippen molar-refractivity contribution in [1.29, 1.82) is 0 Å². The number of allylic oxidation sites excluding steroid dienone is 1. The Balaban J connectivity index is 1.33. The molecule has 38 heavy (non-hydrogen) atoms. The highest BCUT2D eigenvalue weighted by atomic mass is 16.5. The van der Waals surface area contributed by atoms with Gasteiger partial charge in [0.15, 0.2) is 11.5 Å². The summed E-state index contributed by atoms with van der Waals surface area (Å²) in [6, 6.07) is 12.4. The van der Waals surface area contributed by atoms with Crippen molar-refractivity contribution in [3.8, 4) is 17.2 Å². The second-order valence-corrected chi connectivity index (χ2v) is 11.5. The predicted octanol–water partition coefficient (Wildman–Crippen LogP) is 3.15. The Morgan fingerprint density at radius 2 is 1.89 bits per heavy atom. The van der Waals surface area contributed by atoms with E-state index in [0.717, 1.165) is 12.1 Å². The standard InChI is InChI=1S/C30H36N2O6/c1-18-26(34)22(28(36)31-12-14-38-21-5-3-2-4-6-21)16-30(37)24-15-20-9-10-23(33)27(35)25(20)29(18,30)11-13-32(24)17-19-7-8-19/h2-6,9-10,18-19,24,33-35,37H,7-8,11-17H2,1H3,(H,31,36)/t18-,24+,29+,30+/m0/s1. The Hall–Kier alpha value is -3.23. The molecular formula is C30H36N2O6. The number of nitrogens with one attached hydrogen (secondary N) is 1. The van der Waals surface area contributed by atoms with E-state index in [1.54, 1.807) is 0 Å². The maximum Gasteiger partial charge on any atom is 0.250 e. The number of hydrogen-bond acceptors (Lipinski definition) is 7. The van der Waals surface area contributed by atoms with Crippen molar-refractivity contribution in [3.63, 3.8) is 0 Å². The van der Waals surface area contributed by atoms with Crippen LogP contribution in [-0.2, 0) is 16.6 Å². The summed E-state index contributed by atoms with van der Waals surface area (Å²) in [5, 5.41) is 48.4. The second kappa shape index (κ2) is 9.20. The molecule has 1 aliphatic heterocycles. The number of para-hydroxylation sites is 1. The third-order valence-corrected chi connectivity index (χ3v) is 9.43. The number of aromatic hydroxyl groups is 2. The van der Waals surface area contributed by atoms with Gasteiger partial charge in [-0.05, 0) is 61.9 Å². The van der Waals surface area contributed by atoms with Gasteiger partial charge in [-0.2, -0.15) is 0 Å². The highest BCUT2D eigenvalue weighted by Gasteiger charge is 2.69. The maximum atomic E-state index is 13.3. The van der Waals surface area contributed by atoms with Crippen LogP contribution in [0.3, 0.4) is 0 Å². The molecule has 8 heteroatoms. The molecule has 1 amide bonds. The van der Waals surface area contributed by atoms with E-state index in [2.05, 4.69) is 10.2 Å². The average Bonchev–Trinajstić information content (AvgIpc) is 3.73. The Morgan fingerprint density at radius 3 is 2.63 bits per heavy atom. The lowest BCUT2D eigenvalue weighted by molar-refractivity contribution is -0.171. The number of hydrogen-bond donors (Lipinski definition) is 5. The van der Waals surface area contributed by atoms with Crippen LogP contribution < -0.4 is 10.1 Å². The summed E-state index contributed by atoms with van der Waals surface area (Å²) in [5.41, 5.74) is -0.870. The summed E-state index contributed by atoms with van der Waals surface area (Å²) in [4.78, 5) is 15.7. The summed E-state index contributed by atoms with van der Waals surface area (Å²) in [6.45, 7) is 3.94. The van der Waals surface area contributed by atoms with Gasteiger partial charge in [-0.3, -0.25) is 9.69 Å². The topological polar surface area (TPSA) is 122 Å². The fourth-order valence-corrected chi connectivity index (χ4v) is 7.37. The number of likely N-dealkylation sites (tertiary alicyclic amines) is 1. The lowest BCUT2D eigenvalue weighted by Gasteiger charge is -2.65. The quantitative estimate of drug-likeness (QED) is 0.281. The van der Waals surface area contributed by atoms with E-state index >= 15 is 0 Å². The van der Waals surface area contributed by atoms with Crippen LogP contribution in [0, 0.1) is 11.8 Å². The first-order valence-corrected chi connectivity index (χ1v) is 13.6. The van der Waals surface area contributed by atoms with Crippen LogP contribution in [0.5, 0.6) is 17.2 Å². The van der Waals surface area contributed by atoms with Gasteiger partial charge < -0.3 is 30.5 Å². The third kappa shape index (κ3) is 3.76. The van der Waals surface area contributed by atoms with Crippen LogP contribution in [0.2, 0.25) is 0 Å². The SMILES string of the molecule is C[C@H]1C(O)=C(C(=O)NCCOc2ccccc2)C[C@@]2(O)[C@H]3Cc4ccc(O)c(O)c4[C@@]12CCN3CC1CC1. The summed E-state index contributed by atoms with van der Waals surface area (Å²) in [7, 11) is 0. The van der Waals surface area contributed by atoms with Crippen molar-refractivity contribution in [1.82, 2.24) is 10.2 Å². The molecule has 2 bridgehead atoms. The molecule has 3 aliphatic carbocycles. The summed E-state index contributed by atoms with van der Waals surface area (Å²) < 4.78 is 5.68. The van der Waals surface area contributed by atoms with Crippen molar-refractivity contribution in [2.45, 2.75) is 56.1 Å². The Morgan fingerprint density at radius 1 is 1.13 bits per heavy atom. The number of ether oxygens (including phenoxy) is 1. The van der Waals surface area contributed by atoms with Gasteiger partial charge in [0, 0.05) is 35.9 Å². The predicted molar refractivity (Wildman–Crippen MR) is 141 cm³/mol. The van der Waals surface area contributed by atoms with Crippen LogP contribution in [0.4, 0.5) is 0 Å². The van der Waals surface area contributed by atoms with Gasteiger partial charge in [0.2, 0.25) is 0 Å². The second-order valence-electron chi connectivity index (χ2n) is 11.5. The van der Waals surface area contributed by atoms with Gasteiger partial charge in [-0.1, -0.05) is 31.2 Å². The summed E-state index contributed by atoms with van der Waals surface area (Å²) in [6.07, 6.45) is 3.35. The van der Waals surface area contributed by atoms with Crippen molar-refractivity contribution in [2.24, 2.45) is 11.8 Å². The fraction of sp³-hybridized carbons (Fsp3) is 0.500. The molecule has 0 radical (unpaired) electrons. The number of aliphatic hydroxyl groups excluding tert-OH is 1. The molecular weight excluding hydrogens is 484 g/mol. The van der Waals surface area contributed by atoms with Gasteiger partial charge in [-0.15, -0.1) is 0 Å². The van der Waals surface area contributed by atoms with E-state index < -0.39 is 22.8 Å². The molecule has 2 aromatic rings. The zero-order valence-electron chi connectivity index (χ0n) is 21.7. The number of fused-ring (bicyclic) bond motifs is 1. The van der Waals surface area contributed by atoms with E-state index in [-0.39, 0.29) is 48.4 Å². The van der Waals surface area contributed by atoms with Crippen molar-refractivity contribution in [2.75, 3.05) is 26.2 Å². The highest BCUT2D eigenvalue weighted by Crippen LogP contribution is 2.63. The molecule has 4 aliphatic rings. The first-order chi connectivity index (χ1) is 18.3. The van der Waals surface area contributed by atoms with Gasteiger partial charge in [-0.25, -0.2) is 0 Å². The Kier molecular flexibility index (Phi) is 6.07. The number of piperidine rings is 1. The minimum absolute atomic E-state index is 0.0328. The molecule has 1 saturated carbocycles. The first-order valence-electron chi connectivity index (χ1n) is 13.6. The number of amides is 1. The van der Waals surface area contributed by atoms with Crippen molar-refractivity contribution in [3.05, 3.63) is 64.9 Å². The molecule has 4 atom stereocenters. The molecule has 0 spiro atoms. The van der Waals surface area contributed by atoms with E-state index in [0.29, 0.717) is 36.6 Å². The van der Waals surface area contributed by atoms with E-state index in [9.17, 15) is 25.2 Å². The average molecular weight is 521 g/mol. The van der Waals surface area contributed by atoms with Crippen LogP contribution >= 0.6 is 0 Å². The van der Waals surface area contributed by atoms with E-state index in [4.69, 9.17) is 4.74 Å². The smallest absolute Gasteiger partial charge is 0.250 e. The molecule has 5 N–H and O–H groups in total. The van der Waals surface area contributed by atoms with E-state index in [1.165, 1.54) is 18.9 Å². The highest BCUT2D eigenvalue weighted by molar-refractivity contribution is 5.94. The largest absolute Gasteiger partial charge is 0.512 e. The Labute approximate surface area is 222 Å². The number of carbonyl (C=O) groups excluding carboxylic acids is 1. The Bertz CT molecular complexity index is 1280. The molecule has 0 unspecified atom stereocenters. The lowest BCUT2D eigenvalue weighted by Crippen LogP contribution is -2.75. The molecule has 6 rings (SSSR count). The minimum atomic E-state index is -1.41. The first kappa shape index (κ1) is 25.1. The molecule has 0 aromatic heterocycles. The monoisotopic (exact) mass is 520 g/mol. The fourth-order valence-electron chi connectivity index (χ4n) is 7.37. The normalized spacial score (nSPS) is 30.4.